The molecule has 0 fully saturated rings. The maximum atomic E-state index is 10.3. The predicted octanol–water partition coefficient (Wildman–Crippen LogP) is 19.4. The highest BCUT2D eigenvalue weighted by molar-refractivity contribution is 5.67. The Morgan fingerprint density at radius 1 is 0.142 bits per heavy atom. The molecule has 0 radical (unpaired) electrons. The van der Waals surface area contributed by atoms with Crippen LogP contribution in [0, 0.1) is 0 Å². The Kier molecular flexibility index (Phi) is 153. The van der Waals surface area contributed by atoms with Gasteiger partial charge in [0.1, 0.15) is 30.5 Å². The van der Waals surface area contributed by atoms with Crippen LogP contribution in [0.25, 0.3) is 0 Å². The molecule has 0 aromatic heterocycles. The lowest BCUT2D eigenvalue weighted by molar-refractivity contribution is -0.138. The first-order valence-electron chi connectivity index (χ1n) is 48.5. The molecule has 0 saturated carbocycles. The van der Waals surface area contributed by atoms with Gasteiger partial charge >= 0.3 is 29.8 Å². The molecule has 0 aliphatic carbocycles. The Hall–Kier alpha value is -3.25. The number of rotatable bonds is 80. The topological polar surface area (TPSA) is 490 Å². The molecule has 0 heterocycles. The average molecular weight is 1740 g/mol. The highest BCUT2D eigenvalue weighted by Crippen LogP contribution is 2.19. The smallest absolute Gasteiger partial charge is 0.303 e. The van der Waals surface area contributed by atoms with Gasteiger partial charge in [0.2, 0.25) is 0 Å². The molecule has 0 amide bonds. The third kappa shape index (κ3) is 176. The van der Waals surface area contributed by atoms with Gasteiger partial charge in [0.15, 0.2) is 0 Å². The molecule has 0 spiro atoms. The highest BCUT2D eigenvalue weighted by atomic mass is 16.4. The van der Waals surface area contributed by atoms with Crippen molar-refractivity contribution in [3.63, 3.8) is 0 Å². The molecule has 0 bridgehead atoms. The summed E-state index contributed by atoms with van der Waals surface area (Å²) in [6, 6.07) is 0. The van der Waals surface area contributed by atoms with Crippen molar-refractivity contribution < 1.29 is 126 Å². The standard InChI is InChI=1S/5C16H32O2.5C3H8O3/c5*1-2-3-4-5-6-7-8-9-10-11-12-13-14-15-16(17)18;5*4-1-3(6)2-5/h5*2-15H2,1H3,(H,17,18);5*3-6H,1-2H2. The number of hydrogen-bond donors (Lipinski definition) is 20. The summed E-state index contributed by atoms with van der Waals surface area (Å²) >= 11 is 0. The summed E-state index contributed by atoms with van der Waals surface area (Å²) in [5.74, 6) is -3.27. The monoisotopic (exact) mass is 1740 g/mol. The molecule has 0 unspecified atom stereocenters. The maximum absolute atomic E-state index is 10.3. The molecule has 0 saturated heterocycles. The van der Waals surface area contributed by atoms with Crippen molar-refractivity contribution in [3.05, 3.63) is 0 Å². The van der Waals surface area contributed by atoms with Crippen LogP contribution in [-0.4, -0.2) is 229 Å². The fourth-order valence-corrected chi connectivity index (χ4v) is 11.8. The maximum Gasteiger partial charge on any atom is 0.303 e. The van der Waals surface area contributed by atoms with Crippen molar-refractivity contribution in [2.75, 3.05) is 66.1 Å². The Morgan fingerprint density at radius 2 is 0.208 bits per heavy atom. The summed E-state index contributed by atoms with van der Waals surface area (Å²) < 4.78 is 0. The van der Waals surface area contributed by atoms with E-state index >= 15 is 0 Å². The Balaban J connectivity index is -0.000000145. The largest absolute Gasteiger partial charge is 0.481 e. The van der Waals surface area contributed by atoms with E-state index in [2.05, 4.69) is 34.6 Å². The number of hydrogen-bond acceptors (Lipinski definition) is 20. The Morgan fingerprint density at radius 3 is 0.258 bits per heavy atom. The van der Waals surface area contributed by atoms with Gasteiger partial charge in [-0.2, -0.15) is 0 Å². The van der Waals surface area contributed by atoms with Crippen LogP contribution in [0.4, 0.5) is 0 Å². The molecule has 0 aliphatic heterocycles. The molecule has 25 nitrogen and oxygen atoms in total. The quantitative estimate of drug-likeness (QED) is 0.0251. The molecule has 0 aliphatic rings. The van der Waals surface area contributed by atoms with Gasteiger partial charge in [0.25, 0.3) is 0 Å². The lowest BCUT2D eigenvalue weighted by atomic mass is 10.0. The second kappa shape index (κ2) is 134. The molecule has 0 aromatic rings. The molecule has 0 rings (SSSR count). The predicted molar refractivity (Wildman–Crippen MR) is 491 cm³/mol. The number of unbranched alkanes of at least 4 members (excludes halogenated alkanes) is 60. The highest BCUT2D eigenvalue weighted by Gasteiger charge is 2.05. The van der Waals surface area contributed by atoms with Crippen LogP contribution >= 0.6 is 0 Å². The summed E-state index contributed by atoms with van der Waals surface area (Å²) in [6.07, 6.45) is 81.6. The second-order valence-corrected chi connectivity index (χ2v) is 32.0. The van der Waals surface area contributed by atoms with E-state index in [1.54, 1.807) is 0 Å². The minimum Gasteiger partial charge on any atom is -0.481 e. The molecule has 25 heteroatoms. The minimum atomic E-state index is -0.954. The fraction of sp³-hybridized carbons (Fsp3) is 0.947. The van der Waals surface area contributed by atoms with Crippen LogP contribution < -0.4 is 0 Å². The Labute approximate surface area is 733 Å². The van der Waals surface area contributed by atoms with Crippen LogP contribution in [0.1, 0.15) is 484 Å². The average Bonchev–Trinajstić information content (AvgIpc) is 1.19. The first-order valence-corrected chi connectivity index (χ1v) is 48.5. The summed E-state index contributed by atoms with van der Waals surface area (Å²) in [6.45, 7) is 7.66. The zero-order valence-corrected chi connectivity index (χ0v) is 77.9. The minimum absolute atomic E-state index is 0.345. The lowest BCUT2D eigenvalue weighted by Crippen LogP contribution is -2.15. The first-order chi connectivity index (χ1) is 57.9. The van der Waals surface area contributed by atoms with Crippen molar-refractivity contribution in [3.8, 4) is 0 Å². The lowest BCUT2D eigenvalue weighted by Gasteiger charge is -2.02. The van der Waals surface area contributed by atoms with Gasteiger partial charge in [-0.3, -0.25) is 24.0 Å². The summed E-state index contributed by atoms with van der Waals surface area (Å²) in [5.41, 5.74) is 0. The van der Waals surface area contributed by atoms with Gasteiger partial charge in [-0.25, -0.2) is 0 Å². The van der Waals surface area contributed by atoms with Crippen molar-refractivity contribution >= 4 is 29.8 Å². The zero-order valence-electron chi connectivity index (χ0n) is 77.9. The molecule has 0 aromatic carbocycles. The van der Waals surface area contributed by atoms with Gasteiger partial charge < -0.3 is 102 Å². The van der Waals surface area contributed by atoms with E-state index in [1.807, 2.05) is 0 Å². The van der Waals surface area contributed by atoms with E-state index in [1.165, 1.54) is 353 Å². The van der Waals surface area contributed by atoms with Crippen LogP contribution in [0.15, 0.2) is 0 Å². The van der Waals surface area contributed by atoms with E-state index in [-0.39, 0.29) is 66.1 Å². The molecular weight excluding hydrogens is 1540 g/mol. The first kappa shape index (κ1) is 137. The van der Waals surface area contributed by atoms with Crippen LogP contribution in [0.5, 0.6) is 0 Å². The van der Waals surface area contributed by atoms with Crippen molar-refractivity contribution in [1.29, 1.82) is 0 Å². The summed E-state index contributed by atoms with van der Waals surface area (Å²) in [4.78, 5) is 51.5. The van der Waals surface area contributed by atoms with Crippen molar-refractivity contribution in [1.82, 2.24) is 0 Å². The number of aliphatic hydroxyl groups is 15. The zero-order chi connectivity index (χ0) is 92.3. The fourth-order valence-electron chi connectivity index (χ4n) is 11.8. The summed E-state index contributed by atoms with van der Waals surface area (Å²) in [5, 5.41) is 163. The normalized spacial score (nSPS) is 10.5. The van der Waals surface area contributed by atoms with Gasteiger partial charge in [-0.15, -0.1) is 0 Å². The van der Waals surface area contributed by atoms with Crippen molar-refractivity contribution in [2.45, 2.75) is 515 Å². The van der Waals surface area contributed by atoms with Crippen LogP contribution in [0.3, 0.4) is 0 Å². The van der Waals surface area contributed by atoms with Crippen LogP contribution in [0.2, 0.25) is 0 Å². The third-order valence-corrected chi connectivity index (χ3v) is 19.6. The number of aliphatic carboxylic acids is 5. The molecule has 0 atom stereocenters. The van der Waals surface area contributed by atoms with Crippen LogP contribution in [-0.2, 0) is 24.0 Å². The summed E-state index contributed by atoms with van der Waals surface area (Å²) in [7, 11) is 0. The molecule has 20 N–H and O–H groups in total. The molecular formula is C95H200O25. The Bertz CT molecular complexity index is 1500. The third-order valence-electron chi connectivity index (χ3n) is 19.6. The van der Waals surface area contributed by atoms with Gasteiger partial charge in [0, 0.05) is 32.1 Å². The number of carboxylic acid groups (broad SMARTS) is 5. The van der Waals surface area contributed by atoms with Gasteiger partial charge in [-0.1, -0.05) is 420 Å². The van der Waals surface area contributed by atoms with E-state index < -0.39 is 60.4 Å². The van der Waals surface area contributed by atoms with Gasteiger partial charge in [-0.05, 0) is 32.1 Å². The number of carboxylic acids is 5. The SMILES string of the molecule is CCCCCCCCCCCCCCCC(=O)O.CCCCCCCCCCCCCCCC(=O)O.CCCCCCCCCCCCCCCC(=O)O.CCCCCCCCCCCCCCCC(=O)O.CCCCCCCCCCCCCCCC(=O)O.OCC(O)CO.OCC(O)CO.OCC(O)CO.OCC(O)CO.OCC(O)CO. The molecule has 730 valence electrons. The van der Waals surface area contributed by atoms with Gasteiger partial charge in [0.05, 0.1) is 66.1 Å². The number of aliphatic hydroxyl groups excluding tert-OH is 15. The van der Waals surface area contributed by atoms with E-state index in [9.17, 15) is 24.0 Å². The second-order valence-electron chi connectivity index (χ2n) is 32.0. The molecule has 120 heavy (non-hydrogen) atoms. The number of carbonyl (C=O) groups is 5. The van der Waals surface area contributed by atoms with Crippen molar-refractivity contribution in [2.24, 2.45) is 0 Å². The van der Waals surface area contributed by atoms with E-state index in [4.69, 9.17) is 102 Å². The van der Waals surface area contributed by atoms with E-state index in [0.717, 1.165) is 64.2 Å². The van der Waals surface area contributed by atoms with E-state index in [0.29, 0.717) is 32.1 Å².